The molecule has 0 aliphatic rings. The summed E-state index contributed by atoms with van der Waals surface area (Å²) in [5.41, 5.74) is 8.99. The maximum Gasteiger partial charge on any atom is 0.130 e. The Balaban J connectivity index is 2.32. The number of hydrogen-bond acceptors (Lipinski definition) is 3. The Morgan fingerprint density at radius 2 is 1.90 bits per heavy atom. The second-order valence-corrected chi connectivity index (χ2v) is 5.14. The first-order valence-corrected chi connectivity index (χ1v) is 6.59. The van der Waals surface area contributed by atoms with E-state index in [9.17, 15) is 0 Å². The molecule has 0 heterocycles. The zero-order valence-corrected chi connectivity index (χ0v) is 12.0. The number of rotatable bonds is 3. The number of nitrogens with two attached hydrogens (primary N) is 1. The van der Waals surface area contributed by atoms with Crippen LogP contribution in [0.5, 0.6) is 11.5 Å². The lowest BCUT2D eigenvalue weighted by molar-refractivity contribution is 0.478. The molecule has 102 valence electrons. The first-order chi connectivity index (χ1) is 9.51. The van der Waals surface area contributed by atoms with Gasteiger partial charge in [0.1, 0.15) is 17.6 Å². The van der Waals surface area contributed by atoms with Crippen LogP contribution in [0.1, 0.15) is 36.5 Å². The molecule has 0 aliphatic heterocycles. The third-order valence-corrected chi connectivity index (χ3v) is 3.25. The fourth-order valence-corrected chi connectivity index (χ4v) is 1.92. The van der Waals surface area contributed by atoms with E-state index in [1.807, 2.05) is 19.1 Å². The zero-order chi connectivity index (χ0) is 14.7. The van der Waals surface area contributed by atoms with Gasteiger partial charge in [-0.15, -0.1) is 0 Å². The summed E-state index contributed by atoms with van der Waals surface area (Å²) in [6.45, 7) is 6.30. The van der Waals surface area contributed by atoms with E-state index in [1.165, 1.54) is 5.56 Å². The first kappa shape index (κ1) is 14.0. The van der Waals surface area contributed by atoms with E-state index in [2.05, 4.69) is 26.0 Å². The van der Waals surface area contributed by atoms with Crippen molar-refractivity contribution in [2.45, 2.75) is 26.7 Å². The topological polar surface area (TPSA) is 59.0 Å². The van der Waals surface area contributed by atoms with E-state index in [0.29, 0.717) is 22.9 Å². The van der Waals surface area contributed by atoms with Gasteiger partial charge in [0.05, 0.1) is 11.3 Å². The van der Waals surface area contributed by atoms with Crippen LogP contribution in [0.3, 0.4) is 0 Å². The molecule has 20 heavy (non-hydrogen) atoms. The highest BCUT2D eigenvalue weighted by Gasteiger charge is 2.07. The molecule has 0 aliphatic carbocycles. The predicted octanol–water partition coefficient (Wildman–Crippen LogP) is 4.36. The molecular formula is C17H18N2O. The molecule has 0 unspecified atom stereocenters. The summed E-state index contributed by atoms with van der Waals surface area (Å²) >= 11 is 0. The van der Waals surface area contributed by atoms with Crippen LogP contribution < -0.4 is 10.5 Å². The van der Waals surface area contributed by atoms with Crippen molar-refractivity contribution in [2.24, 2.45) is 0 Å². The SMILES string of the molecule is Cc1ccc(C(C)C)cc1Oc1ccc(C#N)c(N)c1. The molecule has 2 aromatic rings. The van der Waals surface area contributed by atoms with E-state index in [-0.39, 0.29) is 0 Å². The van der Waals surface area contributed by atoms with E-state index < -0.39 is 0 Å². The molecule has 0 atom stereocenters. The maximum atomic E-state index is 8.87. The number of nitriles is 1. The second-order valence-electron chi connectivity index (χ2n) is 5.14. The minimum Gasteiger partial charge on any atom is -0.457 e. The van der Waals surface area contributed by atoms with Crippen LogP contribution in [0.25, 0.3) is 0 Å². The van der Waals surface area contributed by atoms with Crippen LogP contribution in [0, 0.1) is 18.3 Å². The lowest BCUT2D eigenvalue weighted by Gasteiger charge is -2.13. The van der Waals surface area contributed by atoms with Crippen molar-refractivity contribution in [3.63, 3.8) is 0 Å². The van der Waals surface area contributed by atoms with Gasteiger partial charge in [-0.05, 0) is 42.2 Å². The van der Waals surface area contributed by atoms with Crippen LogP contribution in [-0.4, -0.2) is 0 Å². The molecule has 0 radical (unpaired) electrons. The maximum absolute atomic E-state index is 8.87. The van der Waals surface area contributed by atoms with Gasteiger partial charge in [-0.3, -0.25) is 0 Å². The Bertz CT molecular complexity index is 669. The van der Waals surface area contributed by atoms with E-state index in [1.54, 1.807) is 18.2 Å². The average Bonchev–Trinajstić information content (AvgIpc) is 2.41. The Morgan fingerprint density at radius 1 is 1.15 bits per heavy atom. The summed E-state index contributed by atoms with van der Waals surface area (Å²) in [6.07, 6.45) is 0. The molecule has 0 aromatic heterocycles. The predicted molar refractivity (Wildman–Crippen MR) is 80.9 cm³/mol. The summed E-state index contributed by atoms with van der Waals surface area (Å²) in [4.78, 5) is 0. The van der Waals surface area contributed by atoms with E-state index >= 15 is 0 Å². The molecule has 2 N–H and O–H groups in total. The van der Waals surface area contributed by atoms with Crippen molar-refractivity contribution >= 4 is 5.69 Å². The highest BCUT2D eigenvalue weighted by atomic mass is 16.5. The monoisotopic (exact) mass is 266 g/mol. The second kappa shape index (κ2) is 5.66. The number of nitrogens with zero attached hydrogens (tertiary/aromatic N) is 1. The van der Waals surface area contributed by atoms with Crippen LogP contribution in [0.15, 0.2) is 36.4 Å². The van der Waals surface area contributed by atoms with E-state index in [0.717, 1.165) is 11.3 Å². The summed E-state index contributed by atoms with van der Waals surface area (Å²) in [7, 11) is 0. The minimum absolute atomic E-state index is 0.433. The van der Waals surface area contributed by atoms with Crippen molar-refractivity contribution in [1.82, 2.24) is 0 Å². The lowest BCUT2D eigenvalue weighted by Crippen LogP contribution is -1.94. The van der Waals surface area contributed by atoms with Crippen molar-refractivity contribution in [1.29, 1.82) is 5.26 Å². The van der Waals surface area contributed by atoms with Crippen molar-refractivity contribution in [2.75, 3.05) is 5.73 Å². The number of hydrogen-bond donors (Lipinski definition) is 1. The third-order valence-electron chi connectivity index (χ3n) is 3.25. The van der Waals surface area contributed by atoms with Gasteiger partial charge in [-0.1, -0.05) is 26.0 Å². The average molecular weight is 266 g/mol. The molecular weight excluding hydrogens is 248 g/mol. The summed E-state index contributed by atoms with van der Waals surface area (Å²) in [5.74, 6) is 1.91. The number of anilines is 1. The van der Waals surface area contributed by atoms with Gasteiger partial charge in [0.25, 0.3) is 0 Å². The standard InChI is InChI=1S/C17H18N2O/c1-11(2)13-5-4-12(3)17(8-13)20-15-7-6-14(10-18)16(19)9-15/h4-9,11H,19H2,1-3H3. The van der Waals surface area contributed by atoms with Gasteiger partial charge in [0.2, 0.25) is 0 Å². The lowest BCUT2D eigenvalue weighted by atomic mass is 10.0. The Labute approximate surface area is 119 Å². The molecule has 3 nitrogen and oxygen atoms in total. The molecule has 2 rings (SSSR count). The van der Waals surface area contributed by atoms with Gasteiger partial charge < -0.3 is 10.5 Å². The van der Waals surface area contributed by atoms with Crippen LogP contribution in [-0.2, 0) is 0 Å². The smallest absolute Gasteiger partial charge is 0.130 e. The van der Waals surface area contributed by atoms with Gasteiger partial charge in [0.15, 0.2) is 0 Å². The first-order valence-electron chi connectivity index (χ1n) is 6.59. The molecule has 0 saturated carbocycles. The molecule has 0 amide bonds. The Morgan fingerprint density at radius 3 is 2.50 bits per heavy atom. The number of benzene rings is 2. The molecule has 0 spiro atoms. The van der Waals surface area contributed by atoms with E-state index in [4.69, 9.17) is 15.7 Å². The van der Waals surface area contributed by atoms with Crippen LogP contribution in [0.4, 0.5) is 5.69 Å². The Hall–Kier alpha value is -2.47. The Kier molecular flexibility index (Phi) is 3.95. The van der Waals surface area contributed by atoms with Crippen LogP contribution >= 0.6 is 0 Å². The van der Waals surface area contributed by atoms with Gasteiger partial charge >= 0.3 is 0 Å². The summed E-state index contributed by atoms with van der Waals surface area (Å²) in [6, 6.07) is 13.4. The summed E-state index contributed by atoms with van der Waals surface area (Å²) < 4.78 is 5.89. The number of aryl methyl sites for hydroxylation is 1. The minimum atomic E-state index is 0.433. The highest BCUT2D eigenvalue weighted by molar-refractivity contribution is 5.57. The molecule has 2 aromatic carbocycles. The fourth-order valence-electron chi connectivity index (χ4n) is 1.92. The number of nitrogen functional groups attached to an aromatic ring is 1. The molecule has 0 saturated heterocycles. The van der Waals surface area contributed by atoms with Gasteiger partial charge in [-0.25, -0.2) is 0 Å². The van der Waals surface area contributed by atoms with Crippen molar-refractivity contribution in [3.05, 3.63) is 53.1 Å². The number of ether oxygens (including phenoxy) is 1. The molecule has 0 bridgehead atoms. The largest absolute Gasteiger partial charge is 0.457 e. The molecule has 3 heteroatoms. The fraction of sp³-hybridized carbons (Fsp3) is 0.235. The van der Waals surface area contributed by atoms with Crippen LogP contribution in [0.2, 0.25) is 0 Å². The molecule has 0 fully saturated rings. The summed E-state index contributed by atoms with van der Waals surface area (Å²) in [5, 5.41) is 8.87. The quantitative estimate of drug-likeness (QED) is 0.839. The normalized spacial score (nSPS) is 10.3. The third kappa shape index (κ3) is 2.92. The highest BCUT2D eigenvalue weighted by Crippen LogP contribution is 2.30. The van der Waals surface area contributed by atoms with Gasteiger partial charge in [0, 0.05) is 6.07 Å². The van der Waals surface area contributed by atoms with Crippen molar-refractivity contribution in [3.8, 4) is 17.6 Å². The van der Waals surface area contributed by atoms with Crippen molar-refractivity contribution < 1.29 is 4.74 Å². The zero-order valence-electron chi connectivity index (χ0n) is 12.0. The van der Waals surface area contributed by atoms with Gasteiger partial charge in [-0.2, -0.15) is 5.26 Å².